The molecule has 2 unspecified atom stereocenters. The molecule has 2 N–H and O–H groups in total. The molecule has 106 valence electrons. The van der Waals surface area contributed by atoms with E-state index in [2.05, 4.69) is 31.4 Å². The van der Waals surface area contributed by atoms with Crippen LogP contribution in [0.15, 0.2) is 18.2 Å². The molecule has 0 saturated carbocycles. The Morgan fingerprint density at radius 2 is 2.00 bits per heavy atom. The van der Waals surface area contributed by atoms with Gasteiger partial charge in [0.1, 0.15) is 0 Å². The summed E-state index contributed by atoms with van der Waals surface area (Å²) < 4.78 is 0. The van der Waals surface area contributed by atoms with Gasteiger partial charge in [-0.1, -0.05) is 26.3 Å². The Morgan fingerprint density at radius 1 is 1.32 bits per heavy atom. The van der Waals surface area contributed by atoms with Crippen LogP contribution >= 0.6 is 0 Å². The fourth-order valence-electron chi connectivity index (χ4n) is 2.19. The number of carbonyl (C=O) groups is 1. The van der Waals surface area contributed by atoms with Gasteiger partial charge >= 0.3 is 0 Å². The maximum atomic E-state index is 12.3. The van der Waals surface area contributed by atoms with Gasteiger partial charge in [0.05, 0.1) is 5.56 Å². The van der Waals surface area contributed by atoms with Crippen LogP contribution in [0.5, 0.6) is 0 Å². The van der Waals surface area contributed by atoms with E-state index in [9.17, 15) is 4.79 Å². The van der Waals surface area contributed by atoms with Crippen molar-refractivity contribution >= 4 is 11.6 Å². The van der Waals surface area contributed by atoms with Gasteiger partial charge in [0, 0.05) is 18.8 Å². The number of hydrogen-bond acceptors (Lipinski definition) is 2. The van der Waals surface area contributed by atoms with Crippen molar-refractivity contribution in [2.24, 2.45) is 5.92 Å². The Kier molecular flexibility index (Phi) is 5.87. The Morgan fingerprint density at radius 3 is 2.58 bits per heavy atom. The second-order valence-corrected chi connectivity index (χ2v) is 5.42. The molecule has 0 spiro atoms. The Hall–Kier alpha value is -1.51. The third kappa shape index (κ3) is 4.58. The van der Waals surface area contributed by atoms with Crippen LogP contribution in [0.4, 0.5) is 5.69 Å². The third-order valence-electron chi connectivity index (χ3n) is 3.52. The molecule has 1 aromatic carbocycles. The van der Waals surface area contributed by atoms with Gasteiger partial charge in [-0.25, -0.2) is 0 Å². The second-order valence-electron chi connectivity index (χ2n) is 5.42. The highest BCUT2D eigenvalue weighted by Gasteiger charge is 2.14. The van der Waals surface area contributed by atoms with Crippen LogP contribution in [0, 0.1) is 12.8 Å². The zero-order chi connectivity index (χ0) is 14.4. The summed E-state index contributed by atoms with van der Waals surface area (Å²) in [6, 6.07) is 6.05. The molecule has 0 aliphatic carbocycles. The average molecular weight is 262 g/mol. The lowest BCUT2D eigenvalue weighted by Crippen LogP contribution is -2.34. The van der Waals surface area contributed by atoms with E-state index >= 15 is 0 Å². The SMILES string of the molecule is CCC(C)CC(C)NC(=O)c1ccc(C)cc1NC. The molecule has 3 heteroatoms. The molecule has 0 aliphatic rings. The van der Waals surface area contributed by atoms with Crippen molar-refractivity contribution in [3.63, 3.8) is 0 Å². The molecule has 0 radical (unpaired) electrons. The highest BCUT2D eigenvalue weighted by molar-refractivity contribution is 5.99. The summed E-state index contributed by atoms with van der Waals surface area (Å²) >= 11 is 0. The largest absolute Gasteiger partial charge is 0.387 e. The lowest BCUT2D eigenvalue weighted by molar-refractivity contribution is 0.0936. The lowest BCUT2D eigenvalue weighted by Gasteiger charge is -2.18. The fourth-order valence-corrected chi connectivity index (χ4v) is 2.19. The Balaban J connectivity index is 2.73. The first-order valence-electron chi connectivity index (χ1n) is 7.07. The van der Waals surface area contributed by atoms with E-state index in [1.54, 1.807) is 0 Å². The number of hydrogen-bond donors (Lipinski definition) is 2. The predicted octanol–water partition coefficient (Wildman–Crippen LogP) is 3.59. The van der Waals surface area contributed by atoms with Gasteiger partial charge < -0.3 is 10.6 Å². The average Bonchev–Trinajstić information content (AvgIpc) is 2.37. The first kappa shape index (κ1) is 15.5. The standard InChI is InChI=1S/C16H26N2O/c1-6-11(2)9-13(4)18-16(19)14-8-7-12(3)10-15(14)17-5/h7-8,10-11,13,17H,6,9H2,1-5H3,(H,18,19). The normalized spacial score (nSPS) is 13.7. The molecule has 1 amide bonds. The van der Waals surface area contributed by atoms with Crippen molar-refractivity contribution in [3.8, 4) is 0 Å². The van der Waals surface area contributed by atoms with Crippen LogP contribution in [0.3, 0.4) is 0 Å². The van der Waals surface area contributed by atoms with E-state index in [1.165, 1.54) is 0 Å². The van der Waals surface area contributed by atoms with Crippen LogP contribution in [0.1, 0.15) is 49.5 Å². The number of anilines is 1. The molecule has 0 fully saturated rings. The molecule has 19 heavy (non-hydrogen) atoms. The quantitative estimate of drug-likeness (QED) is 0.822. The molecular weight excluding hydrogens is 236 g/mol. The summed E-state index contributed by atoms with van der Waals surface area (Å²) in [5, 5.41) is 6.16. The summed E-state index contributed by atoms with van der Waals surface area (Å²) in [5.74, 6) is 0.636. The second kappa shape index (κ2) is 7.17. The van der Waals surface area contributed by atoms with Crippen molar-refractivity contribution in [1.29, 1.82) is 0 Å². The molecule has 0 heterocycles. The number of rotatable bonds is 6. The first-order chi connectivity index (χ1) is 8.97. The van der Waals surface area contributed by atoms with Gasteiger partial charge in [0.25, 0.3) is 5.91 Å². The Labute approximate surface area is 116 Å². The van der Waals surface area contributed by atoms with E-state index in [1.807, 2.05) is 32.2 Å². The minimum Gasteiger partial charge on any atom is -0.387 e. The van der Waals surface area contributed by atoms with Crippen LogP contribution < -0.4 is 10.6 Å². The fraction of sp³-hybridized carbons (Fsp3) is 0.562. The highest BCUT2D eigenvalue weighted by atomic mass is 16.1. The van der Waals surface area contributed by atoms with Gasteiger partial charge in [0.15, 0.2) is 0 Å². The zero-order valence-electron chi connectivity index (χ0n) is 12.7. The number of nitrogens with one attached hydrogen (secondary N) is 2. The van der Waals surface area contributed by atoms with Crippen LogP contribution in [0.25, 0.3) is 0 Å². The number of benzene rings is 1. The van der Waals surface area contributed by atoms with Gasteiger partial charge in [0.2, 0.25) is 0 Å². The lowest BCUT2D eigenvalue weighted by atomic mass is 10.00. The van der Waals surface area contributed by atoms with Crippen LogP contribution in [-0.4, -0.2) is 19.0 Å². The van der Waals surface area contributed by atoms with Crippen LogP contribution in [0.2, 0.25) is 0 Å². The molecule has 2 atom stereocenters. The minimum absolute atomic E-state index is 0.000142. The molecule has 3 nitrogen and oxygen atoms in total. The topological polar surface area (TPSA) is 41.1 Å². The van der Waals surface area contributed by atoms with E-state index in [0.717, 1.165) is 24.1 Å². The van der Waals surface area contributed by atoms with E-state index < -0.39 is 0 Å². The van der Waals surface area contributed by atoms with Crippen LogP contribution in [-0.2, 0) is 0 Å². The number of aryl methyl sites for hydroxylation is 1. The van der Waals surface area contributed by atoms with Gasteiger partial charge in [-0.05, 0) is 43.9 Å². The van der Waals surface area contributed by atoms with Crippen molar-refractivity contribution in [2.45, 2.75) is 46.6 Å². The van der Waals surface area contributed by atoms with Gasteiger partial charge in [-0.15, -0.1) is 0 Å². The van der Waals surface area contributed by atoms with E-state index in [4.69, 9.17) is 0 Å². The van der Waals surface area contributed by atoms with Gasteiger partial charge in [-0.3, -0.25) is 4.79 Å². The van der Waals surface area contributed by atoms with Gasteiger partial charge in [-0.2, -0.15) is 0 Å². The van der Waals surface area contributed by atoms with Crippen molar-refractivity contribution in [3.05, 3.63) is 29.3 Å². The Bertz CT molecular complexity index is 429. The van der Waals surface area contributed by atoms with E-state index in [0.29, 0.717) is 11.5 Å². The predicted molar refractivity (Wildman–Crippen MR) is 81.7 cm³/mol. The smallest absolute Gasteiger partial charge is 0.253 e. The molecule has 1 rings (SSSR count). The van der Waals surface area contributed by atoms with E-state index in [-0.39, 0.29) is 11.9 Å². The van der Waals surface area contributed by atoms with Crippen molar-refractivity contribution < 1.29 is 4.79 Å². The maximum absolute atomic E-state index is 12.3. The summed E-state index contributed by atoms with van der Waals surface area (Å²) in [6.45, 7) is 8.48. The molecule has 1 aromatic rings. The number of amides is 1. The van der Waals surface area contributed by atoms with Crippen molar-refractivity contribution in [2.75, 3.05) is 12.4 Å². The highest BCUT2D eigenvalue weighted by Crippen LogP contribution is 2.17. The molecule has 0 aromatic heterocycles. The third-order valence-corrected chi connectivity index (χ3v) is 3.52. The van der Waals surface area contributed by atoms with Crippen molar-refractivity contribution in [1.82, 2.24) is 5.32 Å². The summed E-state index contributed by atoms with van der Waals surface area (Å²) in [4.78, 5) is 12.3. The first-order valence-corrected chi connectivity index (χ1v) is 7.07. The zero-order valence-corrected chi connectivity index (χ0v) is 12.7. The summed E-state index contributed by atoms with van der Waals surface area (Å²) in [7, 11) is 1.84. The molecule has 0 bridgehead atoms. The number of carbonyl (C=O) groups excluding carboxylic acids is 1. The molecule has 0 aliphatic heterocycles. The molecule has 0 saturated heterocycles. The molecular formula is C16H26N2O. The summed E-state index contributed by atoms with van der Waals surface area (Å²) in [5.41, 5.74) is 2.74. The summed E-state index contributed by atoms with van der Waals surface area (Å²) in [6.07, 6.45) is 2.16. The maximum Gasteiger partial charge on any atom is 0.253 e. The monoisotopic (exact) mass is 262 g/mol. The minimum atomic E-state index is 0.000142.